The summed E-state index contributed by atoms with van der Waals surface area (Å²) < 4.78 is 6.42. The number of carbonyl (C=O) groups is 2. The third kappa shape index (κ3) is 7.11. The van der Waals surface area contributed by atoms with Crippen LogP contribution in [-0.4, -0.2) is 18.4 Å². The van der Waals surface area contributed by atoms with Crippen molar-refractivity contribution in [2.24, 2.45) is 0 Å². The number of benzene rings is 3. The van der Waals surface area contributed by atoms with Gasteiger partial charge in [0.15, 0.2) is 6.61 Å². The van der Waals surface area contributed by atoms with Gasteiger partial charge in [0.25, 0.3) is 11.8 Å². The maximum atomic E-state index is 12.3. The maximum Gasteiger partial charge on any atom is 0.262 e. The smallest absolute Gasteiger partial charge is 0.262 e. The standard InChI is InChI=1S/C25H20BrN3O3/c26-21-8-10-22(11-9-21)29-24(30)17-32-23-12-6-18(7-13-23)14-20(15-27)25(31)28-16-19-4-2-1-3-5-19/h1-14H,16-17H2,(H,28,31)(H,29,30)/b20-14+. The molecule has 7 heteroatoms. The lowest BCUT2D eigenvalue weighted by molar-refractivity contribution is -0.118. The lowest BCUT2D eigenvalue weighted by atomic mass is 10.1. The normalized spacial score (nSPS) is 10.7. The molecule has 0 radical (unpaired) electrons. The largest absolute Gasteiger partial charge is 0.484 e. The highest BCUT2D eigenvalue weighted by Crippen LogP contribution is 2.16. The Labute approximate surface area is 194 Å². The molecule has 3 aromatic rings. The van der Waals surface area contributed by atoms with E-state index in [2.05, 4.69) is 26.6 Å². The zero-order chi connectivity index (χ0) is 22.8. The number of nitriles is 1. The summed E-state index contributed by atoms with van der Waals surface area (Å²) in [7, 11) is 0. The predicted octanol–water partition coefficient (Wildman–Crippen LogP) is 4.69. The summed E-state index contributed by atoms with van der Waals surface area (Å²) in [6, 6.07) is 25.4. The first-order chi connectivity index (χ1) is 15.5. The molecule has 0 aliphatic rings. The Bertz CT molecular complexity index is 1140. The third-order valence-electron chi connectivity index (χ3n) is 4.35. The number of ether oxygens (including phenoxy) is 1. The predicted molar refractivity (Wildman–Crippen MR) is 127 cm³/mol. The summed E-state index contributed by atoms with van der Waals surface area (Å²) in [5.74, 6) is -0.223. The Morgan fingerprint density at radius 3 is 2.31 bits per heavy atom. The molecule has 0 bridgehead atoms. The van der Waals surface area contributed by atoms with Crippen LogP contribution in [0.25, 0.3) is 6.08 Å². The second kappa shape index (κ2) is 11.5. The molecule has 0 unspecified atom stereocenters. The number of carbonyl (C=O) groups excluding carboxylic acids is 2. The first-order valence-corrected chi connectivity index (χ1v) is 10.5. The van der Waals surface area contributed by atoms with Gasteiger partial charge in [0, 0.05) is 16.7 Å². The molecule has 0 spiro atoms. The Kier molecular flexibility index (Phi) is 8.18. The van der Waals surface area contributed by atoms with Gasteiger partial charge in [-0.05, 0) is 53.6 Å². The van der Waals surface area contributed by atoms with Crippen LogP contribution in [-0.2, 0) is 16.1 Å². The Morgan fingerprint density at radius 1 is 0.969 bits per heavy atom. The number of hydrogen-bond acceptors (Lipinski definition) is 4. The van der Waals surface area contributed by atoms with Gasteiger partial charge in [-0.2, -0.15) is 5.26 Å². The average Bonchev–Trinajstić information content (AvgIpc) is 2.82. The fourth-order valence-electron chi connectivity index (χ4n) is 2.73. The van der Waals surface area contributed by atoms with Crippen LogP contribution in [0.2, 0.25) is 0 Å². The second-order valence-corrected chi connectivity index (χ2v) is 7.67. The maximum absolute atomic E-state index is 12.3. The van der Waals surface area contributed by atoms with Crippen molar-refractivity contribution in [2.45, 2.75) is 6.54 Å². The molecule has 0 aliphatic heterocycles. The highest BCUT2D eigenvalue weighted by Gasteiger charge is 2.09. The van der Waals surface area contributed by atoms with Crippen LogP contribution in [0, 0.1) is 11.3 Å². The topological polar surface area (TPSA) is 91.2 Å². The van der Waals surface area contributed by atoms with Gasteiger partial charge in [0.05, 0.1) is 0 Å². The quantitative estimate of drug-likeness (QED) is 0.354. The SMILES string of the molecule is N#C/C(=C\c1ccc(OCC(=O)Nc2ccc(Br)cc2)cc1)C(=O)NCc1ccccc1. The van der Waals surface area contributed by atoms with Gasteiger partial charge in [0.2, 0.25) is 0 Å². The number of amides is 2. The van der Waals surface area contributed by atoms with Crippen molar-refractivity contribution in [3.05, 3.63) is 100 Å². The van der Waals surface area contributed by atoms with Crippen molar-refractivity contribution >= 4 is 39.5 Å². The highest BCUT2D eigenvalue weighted by atomic mass is 79.9. The van der Waals surface area contributed by atoms with Crippen molar-refractivity contribution in [1.29, 1.82) is 5.26 Å². The third-order valence-corrected chi connectivity index (χ3v) is 4.88. The second-order valence-electron chi connectivity index (χ2n) is 6.75. The average molecular weight is 490 g/mol. The minimum Gasteiger partial charge on any atom is -0.484 e. The van der Waals surface area contributed by atoms with Crippen molar-refractivity contribution in [3.63, 3.8) is 0 Å². The lowest BCUT2D eigenvalue weighted by Gasteiger charge is -2.08. The van der Waals surface area contributed by atoms with Crippen LogP contribution in [0.4, 0.5) is 5.69 Å². The number of hydrogen-bond donors (Lipinski definition) is 2. The van der Waals surface area contributed by atoms with E-state index >= 15 is 0 Å². The zero-order valence-electron chi connectivity index (χ0n) is 17.0. The molecule has 3 aromatic carbocycles. The van der Waals surface area contributed by atoms with Gasteiger partial charge in [-0.15, -0.1) is 0 Å². The van der Waals surface area contributed by atoms with Gasteiger partial charge in [-0.1, -0.05) is 58.4 Å². The van der Waals surface area contributed by atoms with E-state index in [1.54, 1.807) is 36.4 Å². The van der Waals surface area contributed by atoms with Gasteiger partial charge in [-0.25, -0.2) is 0 Å². The minimum absolute atomic E-state index is 0.00322. The van der Waals surface area contributed by atoms with E-state index in [1.165, 1.54) is 6.08 Å². The van der Waals surface area contributed by atoms with E-state index in [-0.39, 0.29) is 18.1 Å². The summed E-state index contributed by atoms with van der Waals surface area (Å²) in [5.41, 5.74) is 2.30. The summed E-state index contributed by atoms with van der Waals surface area (Å²) in [6.07, 6.45) is 1.50. The first kappa shape index (κ1) is 22.8. The molecular formula is C25H20BrN3O3. The zero-order valence-corrected chi connectivity index (χ0v) is 18.6. The molecule has 0 aromatic heterocycles. The summed E-state index contributed by atoms with van der Waals surface area (Å²) in [4.78, 5) is 24.3. The number of nitrogens with zero attached hydrogens (tertiary/aromatic N) is 1. The lowest BCUT2D eigenvalue weighted by Crippen LogP contribution is -2.23. The molecule has 3 rings (SSSR count). The van der Waals surface area contributed by atoms with Crippen molar-refractivity contribution in [2.75, 3.05) is 11.9 Å². The summed E-state index contributed by atoms with van der Waals surface area (Å²) in [5, 5.41) is 14.8. The van der Waals surface area contributed by atoms with Crippen LogP contribution >= 0.6 is 15.9 Å². The molecule has 32 heavy (non-hydrogen) atoms. The van der Waals surface area contributed by atoms with Crippen molar-refractivity contribution < 1.29 is 14.3 Å². The molecule has 0 saturated heterocycles. The fourth-order valence-corrected chi connectivity index (χ4v) is 2.99. The number of rotatable bonds is 8. The number of halogens is 1. The minimum atomic E-state index is -0.443. The van der Waals surface area contributed by atoms with E-state index in [1.807, 2.05) is 48.5 Å². The Balaban J connectivity index is 1.52. The molecule has 0 heterocycles. The molecular weight excluding hydrogens is 470 g/mol. The molecule has 0 saturated carbocycles. The molecule has 0 aliphatic carbocycles. The van der Waals surface area contributed by atoms with Crippen LogP contribution in [0.3, 0.4) is 0 Å². The van der Waals surface area contributed by atoms with Crippen molar-refractivity contribution in [1.82, 2.24) is 5.32 Å². The number of anilines is 1. The van der Waals surface area contributed by atoms with Gasteiger partial charge >= 0.3 is 0 Å². The van der Waals surface area contributed by atoms with Crippen LogP contribution in [0.15, 0.2) is 88.9 Å². The van der Waals surface area contributed by atoms with Crippen LogP contribution in [0.5, 0.6) is 5.75 Å². The van der Waals surface area contributed by atoms with Crippen LogP contribution in [0.1, 0.15) is 11.1 Å². The molecule has 160 valence electrons. The molecule has 6 nitrogen and oxygen atoms in total. The summed E-state index contributed by atoms with van der Waals surface area (Å²) >= 11 is 3.34. The molecule has 2 amide bonds. The molecule has 0 atom stereocenters. The Morgan fingerprint density at radius 2 is 1.66 bits per heavy atom. The molecule has 2 N–H and O–H groups in total. The highest BCUT2D eigenvalue weighted by molar-refractivity contribution is 9.10. The summed E-state index contributed by atoms with van der Waals surface area (Å²) in [6.45, 7) is 0.199. The van der Waals surface area contributed by atoms with Gasteiger partial charge in [0.1, 0.15) is 17.4 Å². The van der Waals surface area contributed by atoms with E-state index in [4.69, 9.17) is 4.74 Å². The van der Waals surface area contributed by atoms with Crippen molar-refractivity contribution in [3.8, 4) is 11.8 Å². The van der Waals surface area contributed by atoms with E-state index in [0.29, 0.717) is 23.5 Å². The van der Waals surface area contributed by atoms with Gasteiger partial charge < -0.3 is 15.4 Å². The molecule has 0 fully saturated rings. The van der Waals surface area contributed by atoms with E-state index in [0.717, 1.165) is 10.0 Å². The fraction of sp³-hybridized carbons (Fsp3) is 0.0800. The monoisotopic (exact) mass is 489 g/mol. The van der Waals surface area contributed by atoms with E-state index < -0.39 is 5.91 Å². The van der Waals surface area contributed by atoms with E-state index in [9.17, 15) is 14.9 Å². The Hall–Kier alpha value is -3.89. The van der Waals surface area contributed by atoms with Crippen LogP contribution < -0.4 is 15.4 Å². The number of nitrogens with one attached hydrogen (secondary N) is 2. The van der Waals surface area contributed by atoms with Gasteiger partial charge in [-0.3, -0.25) is 9.59 Å². The first-order valence-electron chi connectivity index (χ1n) is 9.76.